The van der Waals surface area contributed by atoms with Gasteiger partial charge < -0.3 is 54.8 Å². The molecule has 96 heavy (non-hydrogen) atoms. The van der Waals surface area contributed by atoms with E-state index < -0.39 is 95.1 Å². The highest BCUT2D eigenvalue weighted by molar-refractivity contribution is 6.50. The van der Waals surface area contributed by atoms with Crippen molar-refractivity contribution in [3.05, 3.63) is 101 Å². The van der Waals surface area contributed by atoms with E-state index in [1.807, 2.05) is 46.7 Å². The Bertz CT molecular complexity index is 3820. The maximum Gasteiger partial charge on any atom is 0.408 e. The van der Waals surface area contributed by atoms with Crippen LogP contribution in [0.1, 0.15) is 146 Å². The first-order valence-electron chi connectivity index (χ1n) is 32.6. The van der Waals surface area contributed by atoms with Gasteiger partial charge in [-0.1, -0.05) is 12.1 Å². The number of carbonyl (C=O) groups excluding carboxylic acids is 8. The molecule has 2 aromatic carbocycles. The second-order valence-electron chi connectivity index (χ2n) is 28.5. The molecule has 2 aromatic rings. The van der Waals surface area contributed by atoms with Crippen LogP contribution in [0.3, 0.4) is 0 Å². The minimum atomic E-state index is -0.996. The summed E-state index contributed by atoms with van der Waals surface area (Å²) in [5, 5.41) is 43.7. The van der Waals surface area contributed by atoms with Gasteiger partial charge in [0.05, 0.1) is 36.3 Å². The van der Waals surface area contributed by atoms with Gasteiger partial charge in [0.1, 0.15) is 52.6 Å². The maximum atomic E-state index is 14.0. The summed E-state index contributed by atoms with van der Waals surface area (Å²) in [5.41, 5.74) is 8.49. The number of ether oxygens (including phenoxy) is 6. The molecule has 0 spiro atoms. The van der Waals surface area contributed by atoms with Crippen molar-refractivity contribution in [3.8, 4) is 23.6 Å². The van der Waals surface area contributed by atoms with Crippen LogP contribution in [0, 0.1) is 50.4 Å². The van der Waals surface area contributed by atoms with Crippen LogP contribution in [0.5, 0.6) is 11.5 Å². The second kappa shape index (κ2) is 27.7. The number of hydrogen-bond acceptors (Lipinski definition) is 21. The third kappa shape index (κ3) is 13.2. The molecule has 2 saturated heterocycles. The Kier molecular flexibility index (Phi) is 20.7. The van der Waals surface area contributed by atoms with Gasteiger partial charge in [-0.15, -0.1) is 0 Å². The van der Waals surface area contributed by atoms with Gasteiger partial charge >= 0.3 is 12.2 Å². The van der Waals surface area contributed by atoms with Crippen LogP contribution < -0.4 is 30.7 Å². The summed E-state index contributed by atoms with van der Waals surface area (Å²) in [5.74, 6) is -1.92. The third-order valence-corrected chi connectivity index (χ3v) is 20.2. The Balaban J connectivity index is 0.000000225. The lowest BCUT2D eigenvalue weighted by Gasteiger charge is -2.60. The molecule has 4 amide bonds. The SMILES string of the molecule is COCOc1c(C)c(C)cc2c1[C@@H]1C3CC4=C(C(=O)C(=O)C(C)=C4O)[C@H](CNC(=O)[C@H](C)NC(=O)OC(C)(C)C)N3[C@@H](C#N)[C@H](C2)N1C.COCOc1c(C)c(C)cc2c1[C@@H]1C3CC4=C(C(=O)C(C)=C(C)C4=O)[C@H](CNC(=O)[C@H](C)NC(=O)OC(C)(C)C)N3[C@@H](C#N)[C@H](C2)N1C. The van der Waals surface area contributed by atoms with E-state index in [0.29, 0.717) is 46.5 Å². The fraction of sp³-hybridized carbons (Fsp3) is 0.577. The molecule has 516 valence electrons. The van der Waals surface area contributed by atoms with Crippen molar-refractivity contribution >= 4 is 47.1 Å². The predicted molar refractivity (Wildman–Crippen MR) is 351 cm³/mol. The fourth-order valence-electron chi connectivity index (χ4n) is 15.4. The molecule has 2 aliphatic carbocycles. The van der Waals surface area contributed by atoms with Crippen molar-refractivity contribution in [2.24, 2.45) is 0 Å². The summed E-state index contributed by atoms with van der Waals surface area (Å²) in [6.07, 6.45) is 0.0208. The first-order chi connectivity index (χ1) is 45.0. The van der Waals surface area contributed by atoms with Crippen molar-refractivity contribution in [1.29, 1.82) is 10.5 Å². The number of Topliss-reactive ketones (excluding diaryl/α,β-unsaturated/α-hetero) is 4. The Hall–Kier alpha value is -8.30. The molecule has 6 heterocycles. The number of alkyl carbamates (subject to hydrolysis) is 2. The normalized spacial score (nSPS) is 26.2. The Morgan fingerprint density at radius 2 is 0.958 bits per heavy atom. The summed E-state index contributed by atoms with van der Waals surface area (Å²) in [7, 11) is 7.09. The molecule has 6 aliphatic heterocycles. The minimum absolute atomic E-state index is 0.0323. The van der Waals surface area contributed by atoms with Gasteiger partial charge in [-0.2, -0.15) is 10.5 Å². The van der Waals surface area contributed by atoms with E-state index in [4.69, 9.17) is 28.4 Å². The molecule has 2 unspecified atom stereocenters. The molecule has 10 rings (SSSR count). The van der Waals surface area contributed by atoms with Crippen LogP contribution in [0.2, 0.25) is 0 Å². The Morgan fingerprint density at radius 3 is 1.34 bits per heavy atom. The lowest BCUT2D eigenvalue weighted by molar-refractivity contribution is -0.134. The van der Waals surface area contributed by atoms with Gasteiger partial charge in [-0.25, -0.2) is 9.59 Å². The average molecular weight is 1330 g/mol. The number of nitriles is 2. The smallest absolute Gasteiger partial charge is 0.408 e. The largest absolute Gasteiger partial charge is 0.507 e. The molecule has 4 bridgehead atoms. The van der Waals surface area contributed by atoms with E-state index in [-0.39, 0.29) is 92.2 Å². The van der Waals surface area contributed by atoms with E-state index in [1.165, 1.54) is 13.8 Å². The number of amides is 4. The molecule has 0 aromatic heterocycles. The van der Waals surface area contributed by atoms with Crippen LogP contribution >= 0.6 is 0 Å². The number of aryl methyl sites for hydroxylation is 2. The molecule has 12 atom stereocenters. The predicted octanol–water partition coefficient (Wildman–Crippen LogP) is 6.19. The van der Waals surface area contributed by atoms with Crippen LogP contribution in [0.15, 0.2) is 56.9 Å². The molecular weight excluding hydrogens is 1230 g/mol. The number of fused-ring (bicyclic) bond motifs is 12. The van der Waals surface area contributed by atoms with Crippen LogP contribution in [0.4, 0.5) is 9.59 Å². The standard InChI is InChI=1S/C36H47N5O7.C35H45N5O8/c1-17-11-22-12-24-26(14-37)41-25(30(40(24)9)28(22)33(18(17)2)47-16-46-10)13-23-29(32(43)20(4)19(3)31(23)42)27(41)15-38-34(44)21(5)39-35(45)48-36(6,7)8;1-16-10-20-11-22-24(13-36)40-23(28(39(22)8)26(20)32(17(16)2)47-15-46-9)12-21-27(31(43)30(42)18(3)29(21)41)25(40)14-37-33(44)19(4)38-34(45)48-35(5,6)7/h11,21,24-27,30H,12-13,15-16H2,1-10H3,(H,38,44)(H,39,45);10,19,22-25,28,41H,11-12,14-15H2,1-9H3,(H,37,44)(H,38,45)/t21-,24-,25?,26-,27-,30-;19-,22-,23?,24-,25-,28-/m00/s1. The number of methoxy groups -OCH3 is 2. The number of aliphatic hydroxyl groups is 1. The molecular formula is C71H92N10O15. The zero-order valence-corrected chi connectivity index (χ0v) is 58.6. The Morgan fingerprint density at radius 1 is 0.573 bits per heavy atom. The molecule has 2 fully saturated rings. The van der Waals surface area contributed by atoms with Gasteiger partial charge in [0.2, 0.25) is 23.4 Å². The van der Waals surface area contributed by atoms with Crippen LogP contribution in [-0.4, -0.2) is 198 Å². The number of nitrogens with zero attached hydrogens (tertiary/aromatic N) is 6. The maximum absolute atomic E-state index is 14.0. The lowest BCUT2D eigenvalue weighted by Crippen LogP contribution is -2.71. The number of ketones is 4. The van der Waals surface area contributed by atoms with Gasteiger partial charge in [-0.05, 0) is 177 Å². The van der Waals surface area contributed by atoms with E-state index in [9.17, 15) is 54.0 Å². The highest BCUT2D eigenvalue weighted by Gasteiger charge is 2.60. The average Bonchev–Trinajstić information content (AvgIpc) is 0.707. The molecule has 25 heteroatoms. The molecule has 0 radical (unpaired) electrons. The topological polar surface area (TPSA) is 321 Å². The van der Waals surface area contributed by atoms with E-state index in [0.717, 1.165) is 50.3 Å². The van der Waals surface area contributed by atoms with Gasteiger partial charge in [-0.3, -0.25) is 48.4 Å². The van der Waals surface area contributed by atoms with E-state index >= 15 is 0 Å². The van der Waals surface area contributed by atoms with Gasteiger partial charge in [0.25, 0.3) is 0 Å². The first-order valence-corrected chi connectivity index (χ1v) is 32.6. The quantitative estimate of drug-likeness (QED) is 0.0609. The van der Waals surface area contributed by atoms with Crippen molar-refractivity contribution in [2.45, 2.75) is 213 Å². The van der Waals surface area contributed by atoms with E-state index in [1.54, 1.807) is 76.5 Å². The highest BCUT2D eigenvalue weighted by Crippen LogP contribution is 2.55. The van der Waals surface area contributed by atoms with Crippen molar-refractivity contribution in [3.63, 3.8) is 0 Å². The zero-order valence-electron chi connectivity index (χ0n) is 58.6. The summed E-state index contributed by atoms with van der Waals surface area (Å²) in [6, 6.07) is 2.27. The second-order valence-corrected chi connectivity index (χ2v) is 28.5. The van der Waals surface area contributed by atoms with Crippen LogP contribution in [0.25, 0.3) is 0 Å². The van der Waals surface area contributed by atoms with Crippen molar-refractivity contribution in [1.82, 2.24) is 40.9 Å². The lowest BCUT2D eigenvalue weighted by atomic mass is 9.69. The number of carbonyl (C=O) groups is 8. The number of nitrogens with one attached hydrogen (secondary N) is 4. The van der Waals surface area contributed by atoms with Crippen molar-refractivity contribution < 1.29 is 71.9 Å². The third-order valence-electron chi connectivity index (χ3n) is 20.2. The van der Waals surface area contributed by atoms with E-state index in [2.05, 4.69) is 60.2 Å². The number of aliphatic hydroxyl groups excluding tert-OH is 1. The van der Waals surface area contributed by atoms with Gasteiger partial charge in [0.15, 0.2) is 25.2 Å². The summed E-state index contributed by atoms with van der Waals surface area (Å²) >= 11 is 0. The summed E-state index contributed by atoms with van der Waals surface area (Å²) < 4.78 is 33.6. The van der Waals surface area contributed by atoms with Crippen LogP contribution in [-0.2, 0) is 60.6 Å². The highest BCUT2D eigenvalue weighted by atomic mass is 16.7. The molecule has 25 nitrogen and oxygen atoms in total. The Labute approximate surface area is 561 Å². The minimum Gasteiger partial charge on any atom is -0.507 e. The number of allylic oxidation sites excluding steroid dienone is 4. The fourth-order valence-corrected chi connectivity index (χ4v) is 15.4. The molecule has 0 saturated carbocycles. The number of benzene rings is 2. The number of rotatable bonds is 14. The number of likely N-dealkylation sites (N-methyl/N-ethyl adjacent to an activating group) is 2. The monoisotopic (exact) mass is 1320 g/mol. The summed E-state index contributed by atoms with van der Waals surface area (Å²) in [4.78, 5) is 115. The first kappa shape index (κ1) is 72.0. The van der Waals surface area contributed by atoms with Crippen molar-refractivity contribution in [2.75, 3.05) is 55.0 Å². The molecule has 8 aliphatic rings. The number of hydrogen-bond donors (Lipinski definition) is 5. The number of piperazine rings is 2. The summed E-state index contributed by atoms with van der Waals surface area (Å²) in [6.45, 7) is 26.0. The van der Waals surface area contributed by atoms with Gasteiger partial charge in [0, 0.05) is 102 Å². The zero-order chi connectivity index (χ0) is 70.8. The molecule has 5 N–H and O–H groups in total.